The zero-order chi connectivity index (χ0) is 19.1. The van der Waals surface area contributed by atoms with Crippen molar-refractivity contribution in [3.63, 3.8) is 0 Å². The third-order valence-corrected chi connectivity index (χ3v) is 4.17. The van der Waals surface area contributed by atoms with Crippen LogP contribution in [0.25, 0.3) is 0 Å². The van der Waals surface area contributed by atoms with E-state index in [4.69, 9.17) is 17.0 Å². The van der Waals surface area contributed by atoms with Crippen LogP contribution in [0.4, 0.5) is 17.1 Å². The molecule has 0 unspecified atom stereocenters. The summed E-state index contributed by atoms with van der Waals surface area (Å²) in [5.41, 5.74) is 5.10. The molecule has 0 amide bonds. The van der Waals surface area contributed by atoms with E-state index < -0.39 is 4.92 Å². The molecule has 1 heterocycles. The summed E-state index contributed by atoms with van der Waals surface area (Å²) < 4.78 is 5.37. The topological polar surface area (TPSA) is 92.0 Å². The van der Waals surface area contributed by atoms with Crippen LogP contribution < -0.4 is 15.6 Å². The SMILES string of the molecule is O=[N+]([O-])c1ccc(N2CCOCC2)c(/C=N\NC(=S)Nc2ccccc2)c1. The standard InChI is InChI=1S/C18H19N5O3S/c24-23(25)16-6-7-17(22-8-10-26-11-9-22)14(12-16)13-19-21-18(27)20-15-4-2-1-3-5-15/h1-7,12-13H,8-11H2,(H2,20,21,27)/b19-13-. The molecule has 0 saturated carbocycles. The van der Waals surface area contributed by atoms with Crippen LogP contribution in [0.1, 0.15) is 5.56 Å². The molecule has 2 N–H and O–H groups in total. The Kier molecular flexibility index (Phi) is 6.29. The maximum atomic E-state index is 11.1. The van der Waals surface area contributed by atoms with Gasteiger partial charge in [-0.1, -0.05) is 18.2 Å². The third-order valence-electron chi connectivity index (χ3n) is 3.98. The summed E-state index contributed by atoms with van der Waals surface area (Å²) in [6.07, 6.45) is 1.54. The van der Waals surface area contributed by atoms with E-state index >= 15 is 0 Å². The first kappa shape index (κ1) is 18.7. The highest BCUT2D eigenvalue weighted by Gasteiger charge is 2.17. The molecule has 1 saturated heterocycles. The van der Waals surface area contributed by atoms with Crippen molar-refractivity contribution in [3.8, 4) is 0 Å². The minimum absolute atomic E-state index is 0.0125. The molecule has 0 radical (unpaired) electrons. The molecule has 2 aromatic carbocycles. The first-order valence-electron chi connectivity index (χ1n) is 8.40. The van der Waals surface area contributed by atoms with Gasteiger partial charge in [-0.15, -0.1) is 0 Å². The summed E-state index contributed by atoms with van der Waals surface area (Å²) >= 11 is 5.21. The number of nitrogens with one attached hydrogen (secondary N) is 2. The molecule has 1 fully saturated rings. The summed E-state index contributed by atoms with van der Waals surface area (Å²) in [6, 6.07) is 14.2. The van der Waals surface area contributed by atoms with Gasteiger partial charge in [0.15, 0.2) is 5.11 Å². The monoisotopic (exact) mass is 385 g/mol. The third kappa shape index (κ3) is 5.22. The normalized spacial score (nSPS) is 14.1. The van der Waals surface area contributed by atoms with Crippen molar-refractivity contribution in [2.45, 2.75) is 0 Å². The molecule has 0 spiro atoms. The van der Waals surface area contributed by atoms with E-state index in [1.54, 1.807) is 6.07 Å². The van der Waals surface area contributed by atoms with Crippen molar-refractivity contribution in [2.24, 2.45) is 5.10 Å². The number of non-ortho nitro benzene ring substituents is 1. The summed E-state index contributed by atoms with van der Waals surface area (Å²) in [5, 5.41) is 18.6. The van der Waals surface area contributed by atoms with E-state index in [1.165, 1.54) is 18.3 Å². The molecule has 9 heteroatoms. The lowest BCUT2D eigenvalue weighted by Crippen LogP contribution is -2.36. The Bertz CT molecular complexity index is 838. The van der Waals surface area contributed by atoms with Gasteiger partial charge in [0.1, 0.15) is 0 Å². The summed E-state index contributed by atoms with van der Waals surface area (Å²) in [5.74, 6) is 0. The lowest BCUT2D eigenvalue weighted by atomic mass is 10.1. The smallest absolute Gasteiger partial charge is 0.270 e. The molecule has 140 valence electrons. The Balaban J connectivity index is 1.73. The highest BCUT2D eigenvalue weighted by atomic mass is 32.1. The van der Waals surface area contributed by atoms with Crippen molar-refractivity contribution in [2.75, 3.05) is 36.5 Å². The molecule has 3 rings (SSSR count). The van der Waals surface area contributed by atoms with Crippen molar-refractivity contribution in [1.29, 1.82) is 0 Å². The molecule has 0 aliphatic carbocycles. The number of anilines is 2. The fourth-order valence-corrected chi connectivity index (χ4v) is 2.86. The molecule has 0 bridgehead atoms. The van der Waals surface area contributed by atoms with E-state index in [-0.39, 0.29) is 5.69 Å². The molecular formula is C18H19N5O3S. The summed E-state index contributed by atoms with van der Waals surface area (Å²) in [7, 11) is 0. The Labute approximate surface area is 162 Å². The number of hydrogen-bond acceptors (Lipinski definition) is 6. The van der Waals surface area contributed by atoms with Crippen molar-refractivity contribution in [1.82, 2.24) is 5.43 Å². The van der Waals surface area contributed by atoms with Crippen LogP contribution in [-0.4, -0.2) is 42.6 Å². The molecular weight excluding hydrogens is 366 g/mol. The van der Waals surface area contributed by atoms with Crippen LogP contribution in [0.3, 0.4) is 0 Å². The average Bonchev–Trinajstić information content (AvgIpc) is 2.69. The van der Waals surface area contributed by atoms with Gasteiger partial charge in [0.25, 0.3) is 5.69 Å². The molecule has 27 heavy (non-hydrogen) atoms. The largest absolute Gasteiger partial charge is 0.378 e. The first-order valence-corrected chi connectivity index (χ1v) is 8.80. The number of thiocarbonyl (C=S) groups is 1. The predicted molar refractivity (Wildman–Crippen MR) is 110 cm³/mol. The summed E-state index contributed by atoms with van der Waals surface area (Å²) in [6.45, 7) is 2.69. The van der Waals surface area contributed by atoms with E-state index in [1.807, 2.05) is 30.3 Å². The van der Waals surface area contributed by atoms with Crippen LogP contribution in [0.15, 0.2) is 53.6 Å². The van der Waals surface area contributed by atoms with Gasteiger partial charge < -0.3 is 15.0 Å². The quantitative estimate of drug-likeness (QED) is 0.354. The van der Waals surface area contributed by atoms with E-state index in [0.29, 0.717) is 23.9 Å². The molecule has 8 nitrogen and oxygen atoms in total. The number of nitrogens with zero attached hydrogens (tertiary/aromatic N) is 3. The summed E-state index contributed by atoms with van der Waals surface area (Å²) in [4.78, 5) is 12.8. The van der Waals surface area contributed by atoms with Gasteiger partial charge in [0.2, 0.25) is 0 Å². The highest BCUT2D eigenvalue weighted by Crippen LogP contribution is 2.25. The fraction of sp³-hybridized carbons (Fsp3) is 0.222. The number of hydrogen-bond donors (Lipinski definition) is 2. The maximum Gasteiger partial charge on any atom is 0.270 e. The Morgan fingerprint density at radius 1 is 1.22 bits per heavy atom. The van der Waals surface area contributed by atoms with E-state index in [0.717, 1.165) is 24.5 Å². The molecule has 1 aliphatic heterocycles. The minimum atomic E-state index is -0.421. The second-order valence-corrected chi connectivity index (χ2v) is 6.20. The predicted octanol–water partition coefficient (Wildman–Crippen LogP) is 2.75. The zero-order valence-electron chi connectivity index (χ0n) is 14.5. The van der Waals surface area contributed by atoms with Crippen molar-refractivity contribution >= 4 is 40.6 Å². The van der Waals surface area contributed by atoms with Crippen LogP contribution in [-0.2, 0) is 4.74 Å². The zero-order valence-corrected chi connectivity index (χ0v) is 15.3. The Hall–Kier alpha value is -3.04. The van der Waals surface area contributed by atoms with Gasteiger partial charge in [-0.2, -0.15) is 5.10 Å². The lowest BCUT2D eigenvalue weighted by molar-refractivity contribution is -0.384. The average molecular weight is 385 g/mol. The van der Waals surface area contributed by atoms with Crippen LogP contribution >= 0.6 is 12.2 Å². The fourth-order valence-electron chi connectivity index (χ4n) is 2.69. The van der Waals surface area contributed by atoms with Gasteiger partial charge >= 0.3 is 0 Å². The highest BCUT2D eigenvalue weighted by molar-refractivity contribution is 7.80. The van der Waals surface area contributed by atoms with E-state index in [2.05, 4.69) is 20.7 Å². The van der Waals surface area contributed by atoms with Gasteiger partial charge in [-0.05, 0) is 30.4 Å². The molecule has 1 aliphatic rings. The van der Waals surface area contributed by atoms with Gasteiger partial charge in [0, 0.05) is 42.2 Å². The Morgan fingerprint density at radius 2 is 1.96 bits per heavy atom. The second-order valence-electron chi connectivity index (χ2n) is 5.79. The van der Waals surface area contributed by atoms with Gasteiger partial charge in [-0.3, -0.25) is 15.5 Å². The van der Waals surface area contributed by atoms with E-state index in [9.17, 15) is 10.1 Å². The van der Waals surface area contributed by atoms with Gasteiger partial charge in [-0.25, -0.2) is 0 Å². The van der Waals surface area contributed by atoms with Crippen LogP contribution in [0, 0.1) is 10.1 Å². The number of hydrazone groups is 1. The number of nitro benzene ring substituents is 1. The second kappa shape index (κ2) is 9.06. The number of para-hydroxylation sites is 1. The minimum Gasteiger partial charge on any atom is -0.378 e. The first-order chi connectivity index (χ1) is 13.1. The molecule has 0 atom stereocenters. The maximum absolute atomic E-state index is 11.1. The van der Waals surface area contributed by atoms with Crippen molar-refractivity contribution < 1.29 is 9.66 Å². The van der Waals surface area contributed by atoms with Crippen LogP contribution in [0.2, 0.25) is 0 Å². The Morgan fingerprint density at radius 3 is 2.67 bits per heavy atom. The number of benzene rings is 2. The number of morpholine rings is 1. The molecule has 0 aromatic heterocycles. The lowest BCUT2D eigenvalue weighted by Gasteiger charge is -2.29. The number of rotatable bonds is 5. The van der Waals surface area contributed by atoms with Crippen LogP contribution in [0.5, 0.6) is 0 Å². The number of ether oxygens (including phenoxy) is 1. The number of nitro groups is 1. The van der Waals surface area contributed by atoms with Crippen molar-refractivity contribution in [3.05, 3.63) is 64.2 Å². The molecule has 2 aromatic rings. The van der Waals surface area contributed by atoms with Gasteiger partial charge in [0.05, 0.1) is 24.4 Å².